The fraction of sp³-hybridized carbons (Fsp3) is 0.571. The van der Waals surface area contributed by atoms with Crippen LogP contribution in [0.5, 0.6) is 0 Å². The predicted octanol–water partition coefficient (Wildman–Crippen LogP) is 1.60. The van der Waals surface area contributed by atoms with E-state index in [0.717, 1.165) is 17.9 Å². The molecule has 0 aromatic rings. The predicted molar refractivity (Wildman–Crippen MR) is 55.7 cm³/mol. The second-order valence-electron chi connectivity index (χ2n) is 2.96. The highest BCUT2D eigenvalue weighted by Crippen LogP contribution is 2.32. The van der Waals surface area contributed by atoms with E-state index in [1.165, 1.54) is 6.20 Å². The minimum Gasteiger partial charge on any atom is -0.246 e. The molecule has 1 saturated heterocycles. The van der Waals surface area contributed by atoms with Crippen molar-refractivity contribution < 1.29 is 8.42 Å². The lowest BCUT2D eigenvalue weighted by atomic mass is 10.1. The van der Waals surface area contributed by atoms with E-state index in [1.807, 2.05) is 0 Å². The van der Waals surface area contributed by atoms with E-state index in [4.69, 9.17) is 11.6 Å². The highest BCUT2D eigenvalue weighted by Gasteiger charge is 2.35. The molecule has 72 valence electrons. The summed E-state index contributed by atoms with van der Waals surface area (Å²) in [7, 11) is -3.39. The highest BCUT2D eigenvalue weighted by molar-refractivity contribution is 8.11. The molecule has 0 saturated carbocycles. The first-order valence-corrected chi connectivity index (χ1v) is 6.90. The van der Waals surface area contributed by atoms with Gasteiger partial charge in [0.1, 0.15) is 5.04 Å². The number of hydrogen-bond donors (Lipinski definition) is 0. The molecular weight excluding hydrogens is 230 g/mol. The maximum absolute atomic E-state index is 11.5. The highest BCUT2D eigenvalue weighted by atomic mass is 35.5. The largest absolute Gasteiger partial charge is 0.246 e. The van der Waals surface area contributed by atoms with Crippen LogP contribution in [0.2, 0.25) is 0 Å². The average molecular weight is 238 g/mol. The van der Waals surface area contributed by atoms with Crippen molar-refractivity contribution in [3.8, 4) is 0 Å². The molecule has 0 amide bonds. The Morgan fingerprint density at radius 3 is 2.85 bits per heavy atom. The van der Waals surface area contributed by atoms with Crippen LogP contribution in [0.25, 0.3) is 0 Å². The summed E-state index contributed by atoms with van der Waals surface area (Å²) in [5.41, 5.74) is 0. The third-order valence-electron chi connectivity index (χ3n) is 2.10. The molecule has 2 rings (SSSR count). The van der Waals surface area contributed by atoms with Gasteiger partial charge in [-0.3, -0.25) is 0 Å². The van der Waals surface area contributed by atoms with Crippen molar-refractivity contribution in [1.29, 1.82) is 0 Å². The number of hydrogen-bond acceptors (Lipinski definition) is 4. The van der Waals surface area contributed by atoms with Crippen molar-refractivity contribution in [3.63, 3.8) is 0 Å². The third kappa shape index (κ3) is 1.53. The molecule has 1 fully saturated rings. The van der Waals surface area contributed by atoms with Crippen LogP contribution >= 0.6 is 23.4 Å². The molecule has 2 aliphatic heterocycles. The molecule has 0 aliphatic carbocycles. The Bertz CT molecular complexity index is 379. The van der Waals surface area contributed by atoms with Crippen molar-refractivity contribution in [2.24, 2.45) is 10.9 Å². The summed E-state index contributed by atoms with van der Waals surface area (Å²) < 4.78 is 22.9. The van der Waals surface area contributed by atoms with Crippen molar-refractivity contribution in [2.75, 3.05) is 11.5 Å². The van der Waals surface area contributed by atoms with E-state index in [9.17, 15) is 8.42 Å². The molecule has 1 unspecified atom stereocenters. The molecule has 0 N–H and O–H groups in total. The second kappa shape index (κ2) is 3.29. The summed E-state index contributed by atoms with van der Waals surface area (Å²) in [5.74, 6) is 1.93. The molecule has 2 aliphatic rings. The molecular formula is C7H8ClNO2S2. The maximum atomic E-state index is 11.5. The van der Waals surface area contributed by atoms with Gasteiger partial charge in [0.2, 0.25) is 9.84 Å². The van der Waals surface area contributed by atoms with E-state index in [2.05, 4.69) is 4.99 Å². The number of sulfone groups is 1. The van der Waals surface area contributed by atoms with Crippen LogP contribution in [0.4, 0.5) is 0 Å². The lowest BCUT2D eigenvalue weighted by Gasteiger charge is -2.07. The number of nitrogens with zero attached hydrogens (tertiary/aromatic N) is 1. The molecule has 3 nitrogen and oxygen atoms in total. The molecule has 6 heteroatoms. The lowest BCUT2D eigenvalue weighted by Crippen LogP contribution is -2.21. The van der Waals surface area contributed by atoms with Gasteiger partial charge < -0.3 is 0 Å². The Morgan fingerprint density at radius 1 is 1.62 bits per heavy atom. The lowest BCUT2D eigenvalue weighted by molar-refractivity contribution is 0.612. The van der Waals surface area contributed by atoms with Crippen molar-refractivity contribution in [3.05, 3.63) is 10.6 Å². The smallest absolute Gasteiger partial charge is 0.232 e. The van der Waals surface area contributed by atoms with Gasteiger partial charge in [0.15, 0.2) is 4.36 Å². The molecule has 1 atom stereocenters. The monoisotopic (exact) mass is 237 g/mol. The second-order valence-corrected chi connectivity index (χ2v) is 6.61. The SMILES string of the molecule is O=S1(=O)C(Cl)=CN=C1C1CCSC1. The summed E-state index contributed by atoms with van der Waals surface area (Å²) in [6, 6.07) is 0. The molecule has 0 aromatic carbocycles. The van der Waals surface area contributed by atoms with Crippen molar-refractivity contribution in [1.82, 2.24) is 0 Å². The molecule has 2 heterocycles. The van der Waals surface area contributed by atoms with Gasteiger partial charge in [-0.2, -0.15) is 11.8 Å². The number of thioether (sulfide) groups is 1. The van der Waals surface area contributed by atoms with Crippen LogP contribution in [0.3, 0.4) is 0 Å². The first-order valence-electron chi connectivity index (χ1n) is 3.88. The number of rotatable bonds is 1. The van der Waals surface area contributed by atoms with Gasteiger partial charge in [-0.25, -0.2) is 13.4 Å². The van der Waals surface area contributed by atoms with Gasteiger partial charge in [-0.05, 0) is 12.2 Å². The molecule has 0 aromatic heterocycles. The summed E-state index contributed by atoms with van der Waals surface area (Å²) in [6.07, 6.45) is 2.12. The summed E-state index contributed by atoms with van der Waals surface area (Å²) in [5, 5.41) is 0.266. The van der Waals surface area contributed by atoms with Gasteiger partial charge in [0.05, 0.1) is 6.20 Å². The normalized spacial score (nSPS) is 31.6. The fourth-order valence-electron chi connectivity index (χ4n) is 1.41. The standard InChI is InChI=1S/C7H8ClNO2S2/c8-6-3-9-7(13(6,10)11)5-1-2-12-4-5/h3,5H,1-2,4H2. The number of halogens is 1. The zero-order chi connectivity index (χ0) is 9.47. The van der Waals surface area contributed by atoms with E-state index < -0.39 is 9.84 Å². The Balaban J connectivity index is 2.29. The zero-order valence-electron chi connectivity index (χ0n) is 6.73. The fourth-order valence-corrected chi connectivity index (χ4v) is 4.25. The van der Waals surface area contributed by atoms with Crippen LogP contribution in [-0.2, 0) is 9.84 Å². The molecule has 0 spiro atoms. The van der Waals surface area contributed by atoms with Crippen LogP contribution in [0, 0.1) is 5.92 Å². The van der Waals surface area contributed by atoms with Gasteiger partial charge in [-0.1, -0.05) is 11.6 Å². The summed E-state index contributed by atoms with van der Waals surface area (Å²) in [4.78, 5) is 3.87. The minimum atomic E-state index is -3.39. The van der Waals surface area contributed by atoms with E-state index in [-0.39, 0.29) is 15.3 Å². The van der Waals surface area contributed by atoms with E-state index in [0.29, 0.717) is 0 Å². The van der Waals surface area contributed by atoms with E-state index in [1.54, 1.807) is 11.8 Å². The van der Waals surface area contributed by atoms with Crippen LogP contribution in [-0.4, -0.2) is 25.0 Å². The van der Waals surface area contributed by atoms with Crippen molar-refractivity contribution in [2.45, 2.75) is 6.42 Å². The van der Waals surface area contributed by atoms with Crippen LogP contribution in [0.1, 0.15) is 6.42 Å². The van der Waals surface area contributed by atoms with Gasteiger partial charge in [0, 0.05) is 11.7 Å². The topological polar surface area (TPSA) is 46.5 Å². The third-order valence-corrected chi connectivity index (χ3v) is 5.58. The van der Waals surface area contributed by atoms with Crippen molar-refractivity contribution >= 4 is 38.2 Å². The molecule has 13 heavy (non-hydrogen) atoms. The minimum absolute atomic E-state index is 0.0718. The first kappa shape index (κ1) is 9.55. The Morgan fingerprint density at radius 2 is 2.38 bits per heavy atom. The Labute approximate surface area is 86.2 Å². The Kier molecular flexibility index (Phi) is 2.42. The average Bonchev–Trinajstić information content (AvgIpc) is 2.62. The van der Waals surface area contributed by atoms with Gasteiger partial charge in [0.25, 0.3) is 0 Å². The summed E-state index contributed by atoms with van der Waals surface area (Å²) >= 11 is 7.29. The van der Waals surface area contributed by atoms with Crippen LogP contribution < -0.4 is 0 Å². The molecule has 0 bridgehead atoms. The van der Waals surface area contributed by atoms with Gasteiger partial charge >= 0.3 is 0 Å². The first-order chi connectivity index (χ1) is 6.12. The Hall–Kier alpha value is -0.000000000000000111. The van der Waals surface area contributed by atoms with Gasteiger partial charge in [-0.15, -0.1) is 0 Å². The van der Waals surface area contributed by atoms with Crippen LogP contribution in [0.15, 0.2) is 15.6 Å². The molecule has 0 radical (unpaired) electrons. The number of aliphatic imine (C=N–C) groups is 1. The summed E-state index contributed by atoms with van der Waals surface area (Å²) in [6.45, 7) is 0. The van der Waals surface area contributed by atoms with E-state index >= 15 is 0 Å². The maximum Gasteiger partial charge on any atom is 0.232 e. The zero-order valence-corrected chi connectivity index (χ0v) is 9.12. The quantitative estimate of drug-likeness (QED) is 0.696.